The number of aromatic nitrogens is 1. The maximum atomic E-state index is 12.0. The second-order valence-corrected chi connectivity index (χ2v) is 6.63. The number of pyridine rings is 1. The zero-order valence-electron chi connectivity index (χ0n) is 14.4. The van der Waals surface area contributed by atoms with Gasteiger partial charge in [0.1, 0.15) is 11.4 Å². The summed E-state index contributed by atoms with van der Waals surface area (Å²) in [5.74, 6) is 0.437. The van der Waals surface area contributed by atoms with Crippen molar-refractivity contribution in [3.63, 3.8) is 0 Å². The molecule has 8 heteroatoms. The Morgan fingerprint density at radius 1 is 1.21 bits per heavy atom. The average Bonchev–Trinajstić information content (AvgIpc) is 2.53. The molecule has 0 spiro atoms. The highest BCUT2D eigenvalue weighted by atomic mass is 16.6. The van der Waals surface area contributed by atoms with Crippen LogP contribution in [-0.4, -0.2) is 65.1 Å². The van der Waals surface area contributed by atoms with E-state index in [0.717, 1.165) is 0 Å². The summed E-state index contributed by atoms with van der Waals surface area (Å²) in [6, 6.07) is 5.40. The molecule has 2 rings (SSSR count). The van der Waals surface area contributed by atoms with Crippen molar-refractivity contribution in [1.29, 1.82) is 0 Å². The average molecular weight is 335 g/mol. The van der Waals surface area contributed by atoms with Gasteiger partial charge in [-0.2, -0.15) is 0 Å². The van der Waals surface area contributed by atoms with Gasteiger partial charge in [-0.3, -0.25) is 20.5 Å². The van der Waals surface area contributed by atoms with Crippen LogP contribution in [0.15, 0.2) is 24.4 Å². The summed E-state index contributed by atoms with van der Waals surface area (Å²) in [5, 5.41) is 0. The third-order valence-electron chi connectivity index (χ3n) is 3.39. The predicted molar refractivity (Wildman–Crippen MR) is 90.2 cm³/mol. The number of ether oxygens (including phenoxy) is 1. The summed E-state index contributed by atoms with van der Waals surface area (Å²) in [6.45, 7) is 8.18. The van der Waals surface area contributed by atoms with E-state index in [9.17, 15) is 9.59 Å². The fourth-order valence-corrected chi connectivity index (χ4v) is 2.23. The molecule has 0 unspecified atom stereocenters. The highest BCUT2D eigenvalue weighted by molar-refractivity contribution is 5.79. The first-order valence-electron chi connectivity index (χ1n) is 8.00. The van der Waals surface area contributed by atoms with Crippen molar-refractivity contribution in [2.75, 3.05) is 38.1 Å². The van der Waals surface area contributed by atoms with E-state index in [0.29, 0.717) is 32.0 Å². The molecule has 1 fully saturated rings. The lowest BCUT2D eigenvalue weighted by atomic mass is 10.2. The second kappa shape index (κ2) is 7.96. The molecule has 24 heavy (non-hydrogen) atoms. The van der Waals surface area contributed by atoms with Crippen LogP contribution in [0.3, 0.4) is 0 Å². The quantitative estimate of drug-likeness (QED) is 0.801. The molecule has 1 aliphatic heterocycles. The predicted octanol–water partition coefficient (Wildman–Crippen LogP) is 1.08. The number of nitrogens with one attached hydrogen (secondary N) is 2. The number of hydrogen-bond acceptors (Lipinski definition) is 6. The van der Waals surface area contributed by atoms with Crippen molar-refractivity contribution < 1.29 is 14.3 Å². The monoisotopic (exact) mass is 335 g/mol. The molecule has 0 aliphatic carbocycles. The standard InChI is InChI=1S/C16H25N5O3/c1-16(2,3)24-15(23)21-10-8-20(9-11-21)12-14(22)19-18-13-6-4-5-7-17-13/h4-7H,8-12H2,1-3H3,(H,17,18)(H,19,22). The zero-order valence-corrected chi connectivity index (χ0v) is 14.4. The molecule has 2 amide bonds. The number of amides is 2. The van der Waals surface area contributed by atoms with Crippen LogP contribution in [0.2, 0.25) is 0 Å². The molecule has 0 aromatic carbocycles. The zero-order chi connectivity index (χ0) is 17.6. The van der Waals surface area contributed by atoms with Crippen LogP contribution >= 0.6 is 0 Å². The fraction of sp³-hybridized carbons (Fsp3) is 0.562. The molecule has 1 aliphatic rings. The van der Waals surface area contributed by atoms with Gasteiger partial charge >= 0.3 is 6.09 Å². The second-order valence-electron chi connectivity index (χ2n) is 6.63. The Morgan fingerprint density at radius 3 is 2.50 bits per heavy atom. The van der Waals surface area contributed by atoms with E-state index >= 15 is 0 Å². The maximum Gasteiger partial charge on any atom is 0.410 e. The number of rotatable bonds is 4. The number of hydrogen-bond donors (Lipinski definition) is 2. The van der Waals surface area contributed by atoms with Crippen LogP contribution in [0, 0.1) is 0 Å². The normalized spacial score (nSPS) is 15.7. The van der Waals surface area contributed by atoms with E-state index in [1.54, 1.807) is 23.2 Å². The van der Waals surface area contributed by atoms with E-state index < -0.39 is 5.60 Å². The van der Waals surface area contributed by atoms with Crippen molar-refractivity contribution in [1.82, 2.24) is 20.2 Å². The Bertz CT molecular complexity index is 551. The minimum Gasteiger partial charge on any atom is -0.444 e. The van der Waals surface area contributed by atoms with Gasteiger partial charge in [0.05, 0.1) is 6.54 Å². The van der Waals surface area contributed by atoms with Crippen LogP contribution in [0.25, 0.3) is 0 Å². The van der Waals surface area contributed by atoms with Crippen molar-refractivity contribution in [3.05, 3.63) is 24.4 Å². The molecule has 132 valence electrons. The smallest absolute Gasteiger partial charge is 0.410 e. The lowest BCUT2D eigenvalue weighted by molar-refractivity contribution is -0.122. The van der Waals surface area contributed by atoms with E-state index in [1.165, 1.54) is 0 Å². The van der Waals surface area contributed by atoms with Crippen LogP contribution in [-0.2, 0) is 9.53 Å². The SMILES string of the molecule is CC(C)(C)OC(=O)N1CCN(CC(=O)NNc2ccccn2)CC1. The van der Waals surface area contributed by atoms with Gasteiger partial charge in [0.2, 0.25) is 0 Å². The van der Waals surface area contributed by atoms with Crippen molar-refractivity contribution >= 4 is 17.8 Å². The third-order valence-corrected chi connectivity index (χ3v) is 3.39. The number of hydrazine groups is 1. The van der Waals surface area contributed by atoms with Crippen molar-refractivity contribution in [3.8, 4) is 0 Å². The van der Waals surface area contributed by atoms with Gasteiger partial charge in [0, 0.05) is 32.4 Å². The first kappa shape index (κ1) is 18.0. The molecule has 0 atom stereocenters. The van der Waals surface area contributed by atoms with Gasteiger partial charge in [-0.1, -0.05) is 6.07 Å². The number of nitrogens with zero attached hydrogens (tertiary/aromatic N) is 3. The first-order valence-corrected chi connectivity index (χ1v) is 8.00. The number of piperazine rings is 1. The minimum atomic E-state index is -0.495. The molecule has 8 nitrogen and oxygen atoms in total. The van der Waals surface area contributed by atoms with Crippen molar-refractivity contribution in [2.24, 2.45) is 0 Å². The number of carbonyl (C=O) groups excluding carboxylic acids is 2. The molecule has 1 aromatic heterocycles. The molecule has 2 heterocycles. The number of anilines is 1. The molecule has 0 radical (unpaired) electrons. The van der Waals surface area contributed by atoms with Gasteiger partial charge in [-0.05, 0) is 32.9 Å². The lowest BCUT2D eigenvalue weighted by Gasteiger charge is -2.35. The van der Waals surface area contributed by atoms with E-state index in [-0.39, 0.29) is 18.5 Å². The summed E-state index contributed by atoms with van der Waals surface area (Å²) < 4.78 is 5.35. The van der Waals surface area contributed by atoms with Crippen LogP contribution in [0.1, 0.15) is 20.8 Å². The van der Waals surface area contributed by atoms with Crippen LogP contribution in [0.4, 0.5) is 10.6 Å². The summed E-state index contributed by atoms with van der Waals surface area (Å²) in [6.07, 6.45) is 1.34. The Kier molecular flexibility index (Phi) is 5.97. The van der Waals surface area contributed by atoms with Gasteiger partial charge in [0.25, 0.3) is 5.91 Å². The summed E-state index contributed by atoms with van der Waals surface area (Å²) >= 11 is 0. The lowest BCUT2D eigenvalue weighted by Crippen LogP contribution is -2.52. The van der Waals surface area contributed by atoms with Gasteiger partial charge < -0.3 is 9.64 Å². The largest absolute Gasteiger partial charge is 0.444 e. The molecule has 2 N–H and O–H groups in total. The Labute approximate surface area is 142 Å². The molecule has 1 saturated heterocycles. The number of carbonyl (C=O) groups is 2. The Hall–Kier alpha value is -2.35. The van der Waals surface area contributed by atoms with E-state index in [4.69, 9.17) is 4.74 Å². The van der Waals surface area contributed by atoms with Crippen molar-refractivity contribution in [2.45, 2.75) is 26.4 Å². The maximum absolute atomic E-state index is 12.0. The minimum absolute atomic E-state index is 0.147. The topological polar surface area (TPSA) is 86.8 Å². The van der Waals surface area contributed by atoms with Crippen LogP contribution < -0.4 is 10.9 Å². The Balaban J connectivity index is 1.69. The van der Waals surface area contributed by atoms with E-state index in [2.05, 4.69) is 15.8 Å². The molecular formula is C16H25N5O3. The highest BCUT2D eigenvalue weighted by Gasteiger charge is 2.26. The first-order chi connectivity index (χ1) is 11.3. The van der Waals surface area contributed by atoms with Gasteiger partial charge in [-0.25, -0.2) is 9.78 Å². The summed E-state index contributed by atoms with van der Waals surface area (Å²) in [4.78, 5) is 31.7. The van der Waals surface area contributed by atoms with Gasteiger partial charge in [0.15, 0.2) is 0 Å². The summed E-state index contributed by atoms with van der Waals surface area (Å²) in [7, 11) is 0. The molecular weight excluding hydrogens is 310 g/mol. The fourth-order valence-electron chi connectivity index (χ4n) is 2.23. The van der Waals surface area contributed by atoms with Gasteiger partial charge in [-0.15, -0.1) is 0 Å². The van der Waals surface area contributed by atoms with E-state index in [1.807, 2.05) is 31.7 Å². The molecule has 1 aromatic rings. The highest BCUT2D eigenvalue weighted by Crippen LogP contribution is 2.11. The molecule has 0 bridgehead atoms. The molecule has 0 saturated carbocycles. The summed E-state index contributed by atoms with van der Waals surface area (Å²) in [5.41, 5.74) is 4.88. The third kappa shape index (κ3) is 6.04. The van der Waals surface area contributed by atoms with Crippen LogP contribution in [0.5, 0.6) is 0 Å². The Morgan fingerprint density at radius 2 is 1.92 bits per heavy atom.